The molecule has 2 nitrogen and oxygen atoms in total. The molecule has 3 aromatic rings. The average Bonchev–Trinajstić information content (AvgIpc) is 2.46. The Morgan fingerprint density at radius 2 is 1.95 bits per heavy atom. The van der Waals surface area contributed by atoms with Gasteiger partial charge in [-0.25, -0.2) is 0 Å². The SMILES string of the molecule is Cc1cc(Cl)ccc1NCc1ccnc2ccccc12. The summed E-state index contributed by atoms with van der Waals surface area (Å²) in [6, 6.07) is 16.1. The molecule has 0 radical (unpaired) electrons. The topological polar surface area (TPSA) is 24.9 Å². The first kappa shape index (κ1) is 12.9. The Hall–Kier alpha value is -2.06. The number of hydrogen-bond acceptors (Lipinski definition) is 2. The van der Waals surface area contributed by atoms with E-state index in [1.54, 1.807) is 0 Å². The first-order valence-corrected chi connectivity index (χ1v) is 6.94. The van der Waals surface area contributed by atoms with Gasteiger partial charge in [0.2, 0.25) is 0 Å². The Morgan fingerprint density at radius 3 is 2.80 bits per heavy atom. The van der Waals surface area contributed by atoms with Gasteiger partial charge >= 0.3 is 0 Å². The van der Waals surface area contributed by atoms with E-state index in [-0.39, 0.29) is 0 Å². The lowest BCUT2D eigenvalue weighted by atomic mass is 10.1. The quantitative estimate of drug-likeness (QED) is 0.746. The summed E-state index contributed by atoms with van der Waals surface area (Å²) in [5, 5.41) is 5.42. The molecule has 0 saturated carbocycles. The van der Waals surface area contributed by atoms with Crippen molar-refractivity contribution in [2.24, 2.45) is 0 Å². The molecule has 0 atom stereocenters. The van der Waals surface area contributed by atoms with Crippen LogP contribution in [0.3, 0.4) is 0 Å². The van der Waals surface area contributed by atoms with E-state index < -0.39 is 0 Å². The molecule has 0 unspecified atom stereocenters. The number of halogens is 1. The maximum atomic E-state index is 5.98. The third-order valence-electron chi connectivity index (χ3n) is 3.40. The molecule has 3 rings (SSSR count). The Balaban J connectivity index is 1.87. The van der Waals surface area contributed by atoms with Gasteiger partial charge in [0.05, 0.1) is 5.52 Å². The van der Waals surface area contributed by atoms with Gasteiger partial charge in [-0.15, -0.1) is 0 Å². The van der Waals surface area contributed by atoms with Gasteiger partial charge in [-0.05, 0) is 48.4 Å². The van der Waals surface area contributed by atoms with E-state index in [9.17, 15) is 0 Å². The molecule has 0 aliphatic heterocycles. The Kier molecular flexibility index (Phi) is 3.57. The minimum absolute atomic E-state index is 0.766. The zero-order valence-electron chi connectivity index (χ0n) is 11.2. The molecular formula is C17H15ClN2. The van der Waals surface area contributed by atoms with Crippen LogP contribution in [-0.4, -0.2) is 4.98 Å². The van der Waals surface area contributed by atoms with Crippen molar-refractivity contribution < 1.29 is 0 Å². The second kappa shape index (κ2) is 5.51. The fourth-order valence-electron chi connectivity index (χ4n) is 2.33. The number of para-hydroxylation sites is 1. The predicted molar refractivity (Wildman–Crippen MR) is 85.3 cm³/mol. The molecule has 2 aromatic carbocycles. The van der Waals surface area contributed by atoms with Crippen LogP contribution in [0.1, 0.15) is 11.1 Å². The van der Waals surface area contributed by atoms with Crippen LogP contribution in [0.4, 0.5) is 5.69 Å². The molecular weight excluding hydrogens is 268 g/mol. The van der Waals surface area contributed by atoms with Gasteiger partial charge in [-0.1, -0.05) is 29.8 Å². The van der Waals surface area contributed by atoms with Crippen LogP contribution in [0.5, 0.6) is 0 Å². The monoisotopic (exact) mass is 282 g/mol. The summed E-state index contributed by atoms with van der Waals surface area (Å²) in [4.78, 5) is 4.38. The number of benzene rings is 2. The van der Waals surface area contributed by atoms with Gasteiger partial charge < -0.3 is 5.32 Å². The van der Waals surface area contributed by atoms with Crippen molar-refractivity contribution in [3.63, 3.8) is 0 Å². The zero-order valence-corrected chi connectivity index (χ0v) is 12.0. The molecule has 3 heteroatoms. The third kappa shape index (κ3) is 2.61. The number of fused-ring (bicyclic) bond motifs is 1. The number of hydrogen-bond donors (Lipinski definition) is 1. The fourth-order valence-corrected chi connectivity index (χ4v) is 2.55. The lowest BCUT2D eigenvalue weighted by molar-refractivity contribution is 1.15. The first-order chi connectivity index (χ1) is 9.74. The molecule has 0 aliphatic carbocycles. The van der Waals surface area contributed by atoms with E-state index in [1.165, 1.54) is 10.9 Å². The van der Waals surface area contributed by atoms with E-state index in [0.717, 1.165) is 28.3 Å². The van der Waals surface area contributed by atoms with Crippen LogP contribution in [-0.2, 0) is 6.54 Å². The summed E-state index contributed by atoms with van der Waals surface area (Å²) in [6.07, 6.45) is 1.86. The van der Waals surface area contributed by atoms with Crippen LogP contribution in [0.25, 0.3) is 10.9 Å². The van der Waals surface area contributed by atoms with Crippen LogP contribution in [0.15, 0.2) is 54.7 Å². The van der Waals surface area contributed by atoms with Crippen LogP contribution < -0.4 is 5.32 Å². The lowest BCUT2D eigenvalue weighted by Crippen LogP contribution is -2.02. The zero-order chi connectivity index (χ0) is 13.9. The van der Waals surface area contributed by atoms with Crippen LogP contribution >= 0.6 is 11.6 Å². The van der Waals surface area contributed by atoms with Crippen LogP contribution in [0.2, 0.25) is 5.02 Å². The fraction of sp³-hybridized carbons (Fsp3) is 0.118. The summed E-state index contributed by atoms with van der Waals surface area (Å²) in [7, 11) is 0. The molecule has 0 fully saturated rings. The molecule has 0 aliphatic rings. The summed E-state index contributed by atoms with van der Waals surface area (Å²) >= 11 is 5.98. The number of anilines is 1. The molecule has 0 amide bonds. The standard InChI is InChI=1S/C17H15ClN2/c1-12-10-14(18)6-7-16(12)20-11-13-8-9-19-17-5-3-2-4-15(13)17/h2-10,20H,11H2,1H3. The van der Waals surface area contributed by atoms with Crippen molar-refractivity contribution in [1.82, 2.24) is 4.98 Å². The lowest BCUT2D eigenvalue weighted by Gasteiger charge is -2.11. The van der Waals surface area contributed by atoms with Gasteiger partial charge in [0.15, 0.2) is 0 Å². The smallest absolute Gasteiger partial charge is 0.0705 e. The normalized spacial score (nSPS) is 10.7. The molecule has 1 aromatic heterocycles. The van der Waals surface area contributed by atoms with Crippen molar-refractivity contribution in [3.05, 3.63) is 70.9 Å². The summed E-state index contributed by atoms with van der Waals surface area (Å²) < 4.78 is 0. The second-order valence-corrected chi connectivity index (χ2v) is 5.24. The van der Waals surface area contributed by atoms with Gasteiger partial charge in [-0.3, -0.25) is 4.98 Å². The number of aryl methyl sites for hydroxylation is 1. The summed E-state index contributed by atoms with van der Waals surface area (Å²) in [6.45, 7) is 2.82. The highest BCUT2D eigenvalue weighted by molar-refractivity contribution is 6.30. The maximum absolute atomic E-state index is 5.98. The van der Waals surface area contributed by atoms with Gasteiger partial charge in [0.1, 0.15) is 0 Å². The van der Waals surface area contributed by atoms with Crippen molar-refractivity contribution in [1.29, 1.82) is 0 Å². The van der Waals surface area contributed by atoms with Gasteiger partial charge in [0.25, 0.3) is 0 Å². The summed E-state index contributed by atoms with van der Waals surface area (Å²) in [5.74, 6) is 0. The number of nitrogens with zero attached hydrogens (tertiary/aromatic N) is 1. The molecule has 0 saturated heterocycles. The van der Waals surface area contributed by atoms with E-state index in [4.69, 9.17) is 11.6 Å². The van der Waals surface area contributed by atoms with E-state index >= 15 is 0 Å². The van der Waals surface area contributed by atoms with Crippen LogP contribution in [0, 0.1) is 6.92 Å². The van der Waals surface area contributed by atoms with Gasteiger partial charge in [0, 0.05) is 28.8 Å². The minimum Gasteiger partial charge on any atom is -0.381 e. The average molecular weight is 283 g/mol. The summed E-state index contributed by atoms with van der Waals surface area (Å²) in [5.41, 5.74) is 4.52. The molecule has 20 heavy (non-hydrogen) atoms. The van der Waals surface area contributed by atoms with Gasteiger partial charge in [-0.2, -0.15) is 0 Å². The third-order valence-corrected chi connectivity index (χ3v) is 3.63. The largest absolute Gasteiger partial charge is 0.381 e. The molecule has 1 N–H and O–H groups in total. The number of rotatable bonds is 3. The van der Waals surface area contributed by atoms with Crippen molar-refractivity contribution in [3.8, 4) is 0 Å². The minimum atomic E-state index is 0.766. The number of pyridine rings is 1. The van der Waals surface area contributed by atoms with E-state index in [1.807, 2.05) is 42.6 Å². The number of nitrogens with one attached hydrogen (secondary N) is 1. The Labute approximate surface area is 123 Å². The highest BCUT2D eigenvalue weighted by Gasteiger charge is 2.03. The van der Waals surface area contributed by atoms with E-state index in [0.29, 0.717) is 0 Å². The highest BCUT2D eigenvalue weighted by Crippen LogP contribution is 2.22. The van der Waals surface area contributed by atoms with Crippen molar-refractivity contribution in [2.75, 3.05) is 5.32 Å². The first-order valence-electron chi connectivity index (χ1n) is 6.57. The highest BCUT2D eigenvalue weighted by atomic mass is 35.5. The number of aromatic nitrogens is 1. The molecule has 1 heterocycles. The second-order valence-electron chi connectivity index (χ2n) is 4.80. The molecule has 100 valence electrons. The molecule has 0 spiro atoms. The Bertz CT molecular complexity index is 748. The van der Waals surface area contributed by atoms with E-state index in [2.05, 4.69) is 29.4 Å². The molecule has 0 bridgehead atoms. The maximum Gasteiger partial charge on any atom is 0.0705 e. The van der Waals surface area contributed by atoms with Crippen molar-refractivity contribution >= 4 is 28.2 Å². The predicted octanol–water partition coefficient (Wildman–Crippen LogP) is 4.81. The Morgan fingerprint density at radius 1 is 1.10 bits per heavy atom. The van der Waals surface area contributed by atoms with Crippen molar-refractivity contribution in [2.45, 2.75) is 13.5 Å².